The van der Waals surface area contributed by atoms with Crippen molar-refractivity contribution in [2.45, 2.75) is 25.3 Å². The van der Waals surface area contributed by atoms with Gasteiger partial charge in [-0.2, -0.15) is 9.29 Å². The molecule has 0 unspecified atom stereocenters. The van der Waals surface area contributed by atoms with Gasteiger partial charge in [0.05, 0.1) is 24.2 Å². The Bertz CT molecular complexity index is 1170. The molecule has 1 aromatic heterocycles. The van der Waals surface area contributed by atoms with E-state index in [-0.39, 0.29) is 28.9 Å². The summed E-state index contributed by atoms with van der Waals surface area (Å²) in [4.78, 5) is 15.7. The quantitative estimate of drug-likeness (QED) is 0.613. The van der Waals surface area contributed by atoms with E-state index in [9.17, 15) is 13.2 Å². The number of aromatic nitrogens is 2. The number of carbonyl (C=O) groups excluding carboxylic acids is 1. The minimum absolute atomic E-state index is 0.00630. The van der Waals surface area contributed by atoms with E-state index in [0.717, 1.165) is 15.4 Å². The first kappa shape index (κ1) is 21.5. The lowest BCUT2D eigenvalue weighted by molar-refractivity contribution is -0.114. The number of anilines is 1. The van der Waals surface area contributed by atoms with Crippen LogP contribution in [0.25, 0.3) is 11.4 Å². The molecule has 1 N–H and O–H groups in total. The van der Waals surface area contributed by atoms with Crippen molar-refractivity contribution in [2.24, 2.45) is 0 Å². The van der Waals surface area contributed by atoms with Gasteiger partial charge in [0.25, 0.3) is 0 Å². The monoisotopic (exact) mass is 430 g/mol. The van der Waals surface area contributed by atoms with Crippen LogP contribution in [0.4, 0.5) is 5.69 Å². The average molecular weight is 430 g/mol. The van der Waals surface area contributed by atoms with E-state index in [2.05, 4.69) is 15.5 Å². The standard InChI is InChI=1S/C20H22N4O5S/c1-13-7-5-6-8-16(13)20-22-19(29-23-20)12-24(3)30(26,27)15-9-10-18(28-4)17(11-15)21-14(2)25/h5-11H,12H2,1-4H3,(H,21,25). The van der Waals surface area contributed by atoms with Crippen LogP contribution in [0.5, 0.6) is 5.75 Å². The molecule has 0 atom stereocenters. The third-order valence-corrected chi connectivity index (χ3v) is 6.20. The Kier molecular flexibility index (Phi) is 6.18. The van der Waals surface area contributed by atoms with Crippen LogP contribution >= 0.6 is 0 Å². The summed E-state index contributed by atoms with van der Waals surface area (Å²) in [5, 5.41) is 6.52. The molecule has 0 radical (unpaired) electrons. The van der Waals surface area contributed by atoms with Crippen molar-refractivity contribution in [2.75, 3.05) is 19.5 Å². The maximum atomic E-state index is 13.0. The van der Waals surface area contributed by atoms with Gasteiger partial charge in [-0.05, 0) is 30.7 Å². The number of nitrogens with one attached hydrogen (secondary N) is 1. The highest BCUT2D eigenvalue weighted by Crippen LogP contribution is 2.29. The molecule has 0 bridgehead atoms. The molecular formula is C20H22N4O5S. The fraction of sp³-hybridized carbons (Fsp3) is 0.250. The number of amides is 1. The van der Waals surface area contributed by atoms with Crippen LogP contribution in [0.1, 0.15) is 18.4 Å². The fourth-order valence-corrected chi connectivity index (χ4v) is 3.99. The van der Waals surface area contributed by atoms with Crippen LogP contribution in [0.15, 0.2) is 51.9 Å². The second kappa shape index (κ2) is 8.64. The minimum Gasteiger partial charge on any atom is -0.495 e. The topological polar surface area (TPSA) is 115 Å². The molecule has 2 aromatic carbocycles. The van der Waals surface area contributed by atoms with Crippen LogP contribution < -0.4 is 10.1 Å². The van der Waals surface area contributed by atoms with Crippen molar-refractivity contribution in [3.8, 4) is 17.1 Å². The Hall–Kier alpha value is -3.24. The Labute approximate surface area is 174 Å². The highest BCUT2D eigenvalue weighted by molar-refractivity contribution is 7.89. The summed E-state index contributed by atoms with van der Waals surface area (Å²) in [6.07, 6.45) is 0. The van der Waals surface area contributed by atoms with Crippen LogP contribution in [-0.2, 0) is 21.4 Å². The maximum Gasteiger partial charge on any atom is 0.243 e. The van der Waals surface area contributed by atoms with Crippen molar-refractivity contribution in [3.63, 3.8) is 0 Å². The lowest BCUT2D eigenvalue weighted by Gasteiger charge is -2.17. The number of ether oxygens (including phenoxy) is 1. The Morgan fingerprint density at radius 1 is 1.23 bits per heavy atom. The molecule has 1 heterocycles. The first-order valence-corrected chi connectivity index (χ1v) is 10.5. The number of hydrogen-bond donors (Lipinski definition) is 1. The van der Waals surface area contributed by atoms with Gasteiger partial charge in [0.1, 0.15) is 5.75 Å². The second-order valence-electron chi connectivity index (χ2n) is 6.63. The number of methoxy groups -OCH3 is 1. The largest absolute Gasteiger partial charge is 0.495 e. The molecule has 0 saturated carbocycles. The third-order valence-electron chi connectivity index (χ3n) is 4.40. The maximum absolute atomic E-state index is 13.0. The Morgan fingerprint density at radius 3 is 2.63 bits per heavy atom. The van der Waals surface area contributed by atoms with Crippen LogP contribution in [0.2, 0.25) is 0 Å². The van der Waals surface area contributed by atoms with E-state index < -0.39 is 10.0 Å². The van der Waals surface area contributed by atoms with Gasteiger partial charge in [0.2, 0.25) is 27.6 Å². The summed E-state index contributed by atoms with van der Waals surface area (Å²) in [6.45, 7) is 3.15. The summed E-state index contributed by atoms with van der Waals surface area (Å²) in [5.41, 5.74) is 2.06. The summed E-state index contributed by atoms with van der Waals surface area (Å²) in [6, 6.07) is 11.8. The first-order chi connectivity index (χ1) is 14.2. The minimum atomic E-state index is -3.89. The Morgan fingerprint density at radius 2 is 1.97 bits per heavy atom. The van der Waals surface area contributed by atoms with Crippen LogP contribution in [0, 0.1) is 6.92 Å². The molecule has 9 nitrogen and oxygen atoms in total. The van der Waals surface area contributed by atoms with Gasteiger partial charge >= 0.3 is 0 Å². The molecule has 0 spiro atoms. The SMILES string of the molecule is COc1ccc(S(=O)(=O)N(C)Cc2nc(-c3ccccc3C)no2)cc1NC(C)=O. The summed E-state index contributed by atoms with van der Waals surface area (Å²) in [7, 11) is -1.04. The van der Waals surface area contributed by atoms with E-state index in [1.54, 1.807) is 0 Å². The van der Waals surface area contributed by atoms with Crippen LogP contribution in [-0.4, -0.2) is 42.9 Å². The smallest absolute Gasteiger partial charge is 0.243 e. The number of sulfonamides is 1. The molecule has 10 heteroatoms. The number of carbonyl (C=O) groups is 1. The zero-order valence-corrected chi connectivity index (χ0v) is 17.9. The molecule has 3 rings (SSSR count). The zero-order chi connectivity index (χ0) is 21.9. The predicted octanol–water partition coefficient (Wildman–Crippen LogP) is 2.83. The van der Waals surface area contributed by atoms with Gasteiger partial charge in [-0.15, -0.1) is 0 Å². The van der Waals surface area contributed by atoms with E-state index >= 15 is 0 Å². The van der Waals surface area contributed by atoms with Gasteiger partial charge in [0, 0.05) is 19.5 Å². The Balaban J connectivity index is 1.84. The molecule has 1 amide bonds. The van der Waals surface area contributed by atoms with Gasteiger partial charge < -0.3 is 14.6 Å². The van der Waals surface area contributed by atoms with Gasteiger partial charge in [-0.3, -0.25) is 4.79 Å². The molecule has 0 fully saturated rings. The van der Waals surface area contributed by atoms with Crippen molar-refractivity contribution < 1.29 is 22.5 Å². The summed E-state index contributed by atoms with van der Waals surface area (Å²) >= 11 is 0. The molecule has 0 saturated heterocycles. The van der Waals surface area contributed by atoms with Crippen molar-refractivity contribution in [1.29, 1.82) is 0 Å². The summed E-state index contributed by atoms with van der Waals surface area (Å²) in [5.74, 6) is 0.568. The highest BCUT2D eigenvalue weighted by Gasteiger charge is 2.25. The zero-order valence-electron chi connectivity index (χ0n) is 17.0. The molecule has 30 heavy (non-hydrogen) atoms. The lowest BCUT2D eigenvalue weighted by Crippen LogP contribution is -2.26. The van der Waals surface area contributed by atoms with Gasteiger partial charge in [-0.25, -0.2) is 8.42 Å². The van der Waals surface area contributed by atoms with Gasteiger partial charge in [0.15, 0.2) is 0 Å². The lowest BCUT2D eigenvalue weighted by atomic mass is 10.1. The van der Waals surface area contributed by atoms with E-state index in [4.69, 9.17) is 9.26 Å². The molecule has 0 aliphatic rings. The average Bonchev–Trinajstić information content (AvgIpc) is 3.16. The van der Waals surface area contributed by atoms with E-state index in [0.29, 0.717) is 11.6 Å². The number of nitrogens with zero attached hydrogens (tertiary/aromatic N) is 3. The molecule has 158 valence electrons. The number of hydrogen-bond acceptors (Lipinski definition) is 7. The third kappa shape index (κ3) is 4.50. The fourth-order valence-electron chi connectivity index (χ4n) is 2.84. The van der Waals surface area contributed by atoms with E-state index in [1.165, 1.54) is 39.3 Å². The van der Waals surface area contributed by atoms with Crippen molar-refractivity contribution >= 4 is 21.6 Å². The predicted molar refractivity (Wildman–Crippen MR) is 110 cm³/mol. The number of aryl methyl sites for hydroxylation is 1. The highest BCUT2D eigenvalue weighted by atomic mass is 32.2. The second-order valence-corrected chi connectivity index (χ2v) is 8.68. The van der Waals surface area contributed by atoms with E-state index in [1.807, 2.05) is 31.2 Å². The molecular weight excluding hydrogens is 408 g/mol. The normalized spacial score (nSPS) is 11.5. The van der Waals surface area contributed by atoms with Crippen LogP contribution in [0.3, 0.4) is 0 Å². The first-order valence-electron chi connectivity index (χ1n) is 9.03. The van der Waals surface area contributed by atoms with Crippen molar-refractivity contribution in [3.05, 3.63) is 53.9 Å². The van der Waals surface area contributed by atoms with Crippen molar-refractivity contribution in [1.82, 2.24) is 14.4 Å². The number of benzene rings is 2. The van der Waals surface area contributed by atoms with Gasteiger partial charge in [-0.1, -0.05) is 29.4 Å². The molecule has 0 aliphatic carbocycles. The number of rotatable bonds is 7. The molecule has 3 aromatic rings. The summed E-state index contributed by atoms with van der Waals surface area (Å²) < 4.78 is 37.5. The molecule has 0 aliphatic heterocycles.